The minimum atomic E-state index is -0.369. The van der Waals surface area contributed by atoms with Gasteiger partial charge in [0.25, 0.3) is 0 Å². The van der Waals surface area contributed by atoms with Gasteiger partial charge in [0.1, 0.15) is 5.82 Å². The van der Waals surface area contributed by atoms with E-state index in [1.807, 2.05) is 6.92 Å². The molecule has 1 aromatic carbocycles. The molecule has 0 radical (unpaired) electrons. The molecule has 0 aromatic heterocycles. The van der Waals surface area contributed by atoms with E-state index in [0.717, 1.165) is 12.8 Å². The number of nitrogens with two attached hydrogens (primary N) is 1. The Hall–Kier alpha value is -1.08. The summed E-state index contributed by atoms with van der Waals surface area (Å²) in [6.07, 6.45) is 7.20. The highest BCUT2D eigenvalue weighted by Gasteiger charge is 2.19. The van der Waals surface area contributed by atoms with Crippen molar-refractivity contribution in [1.82, 2.24) is 5.32 Å². The molecule has 1 rings (SSSR count). The van der Waals surface area contributed by atoms with Gasteiger partial charge in [0, 0.05) is 23.2 Å². The van der Waals surface area contributed by atoms with E-state index in [-0.39, 0.29) is 24.4 Å². The summed E-state index contributed by atoms with van der Waals surface area (Å²) in [5.41, 5.74) is 6.07. The lowest BCUT2D eigenvalue weighted by atomic mass is 10.0. The Kier molecular flexibility index (Phi) is 6.14. The predicted molar refractivity (Wildman–Crippen MR) is 73.9 cm³/mol. The molecule has 18 heavy (non-hydrogen) atoms. The van der Waals surface area contributed by atoms with Gasteiger partial charge in [0.15, 0.2) is 0 Å². The lowest BCUT2D eigenvalue weighted by Gasteiger charge is -2.23. The first-order chi connectivity index (χ1) is 8.63. The first-order valence-corrected chi connectivity index (χ1v) is 6.38. The second kappa shape index (κ2) is 7.38. The Morgan fingerprint density at radius 1 is 1.56 bits per heavy atom. The lowest BCUT2D eigenvalue weighted by Crippen LogP contribution is -2.36. The molecular formula is C14H18ClFN2. The Morgan fingerprint density at radius 2 is 2.28 bits per heavy atom. The van der Waals surface area contributed by atoms with Gasteiger partial charge >= 0.3 is 0 Å². The molecular weight excluding hydrogens is 251 g/mol. The Labute approximate surface area is 113 Å². The third-order valence-corrected chi connectivity index (χ3v) is 3.09. The summed E-state index contributed by atoms with van der Waals surface area (Å²) < 4.78 is 13.8. The van der Waals surface area contributed by atoms with Gasteiger partial charge in [-0.3, -0.25) is 5.32 Å². The summed E-state index contributed by atoms with van der Waals surface area (Å²) in [5, 5.41) is 3.53. The van der Waals surface area contributed by atoms with Crippen molar-refractivity contribution in [2.24, 2.45) is 5.73 Å². The maximum absolute atomic E-state index is 13.8. The molecule has 0 aliphatic rings. The van der Waals surface area contributed by atoms with Crippen LogP contribution in [-0.2, 0) is 0 Å². The molecule has 0 fully saturated rings. The van der Waals surface area contributed by atoms with E-state index in [0.29, 0.717) is 10.6 Å². The third kappa shape index (κ3) is 3.71. The van der Waals surface area contributed by atoms with Crippen LogP contribution in [-0.4, -0.2) is 12.6 Å². The van der Waals surface area contributed by atoms with Crippen molar-refractivity contribution >= 4 is 11.6 Å². The van der Waals surface area contributed by atoms with Crippen LogP contribution in [0.25, 0.3) is 0 Å². The molecule has 0 aliphatic carbocycles. The van der Waals surface area contributed by atoms with Crippen molar-refractivity contribution < 1.29 is 4.39 Å². The fraction of sp³-hybridized carbons (Fsp3) is 0.429. The fourth-order valence-corrected chi connectivity index (χ4v) is 2.15. The maximum Gasteiger partial charge on any atom is 0.129 e. The van der Waals surface area contributed by atoms with Gasteiger partial charge in [-0.25, -0.2) is 4.39 Å². The standard InChI is InChI=1S/C14H18ClFN2/c1-3-6-10(4-2)18-13(9-17)14-11(15)7-5-8-12(14)16/h2,5,7-8,10,13,18H,3,6,9,17H2,1H3. The number of nitrogens with one attached hydrogen (secondary N) is 1. The second-order valence-corrected chi connectivity index (χ2v) is 4.51. The zero-order valence-electron chi connectivity index (χ0n) is 10.4. The van der Waals surface area contributed by atoms with Crippen LogP contribution >= 0.6 is 11.6 Å². The first kappa shape index (κ1) is 15.0. The molecule has 2 nitrogen and oxygen atoms in total. The van der Waals surface area contributed by atoms with Crippen molar-refractivity contribution in [2.45, 2.75) is 31.8 Å². The molecule has 0 heterocycles. The normalized spacial score (nSPS) is 13.9. The predicted octanol–water partition coefficient (Wildman–Crippen LogP) is 2.87. The van der Waals surface area contributed by atoms with Crippen molar-refractivity contribution in [2.75, 3.05) is 6.54 Å². The fourth-order valence-electron chi connectivity index (χ4n) is 1.86. The number of benzene rings is 1. The largest absolute Gasteiger partial charge is 0.329 e. The molecule has 0 saturated carbocycles. The van der Waals surface area contributed by atoms with Crippen molar-refractivity contribution in [3.63, 3.8) is 0 Å². The number of halogens is 2. The Balaban J connectivity index is 2.93. The molecule has 3 N–H and O–H groups in total. The molecule has 2 unspecified atom stereocenters. The molecule has 2 atom stereocenters. The van der Waals surface area contributed by atoms with Crippen molar-refractivity contribution in [1.29, 1.82) is 0 Å². The average molecular weight is 269 g/mol. The lowest BCUT2D eigenvalue weighted by molar-refractivity contribution is 0.458. The quantitative estimate of drug-likeness (QED) is 0.779. The summed E-state index contributed by atoms with van der Waals surface area (Å²) in [6.45, 7) is 2.28. The molecule has 0 saturated heterocycles. The van der Waals surface area contributed by atoms with Crippen LogP contribution in [0.1, 0.15) is 31.4 Å². The minimum absolute atomic E-state index is 0.126. The van der Waals surface area contributed by atoms with E-state index in [9.17, 15) is 4.39 Å². The van der Waals surface area contributed by atoms with Crippen LogP contribution in [0, 0.1) is 18.2 Å². The van der Waals surface area contributed by atoms with Crippen molar-refractivity contribution in [3.05, 3.63) is 34.6 Å². The van der Waals surface area contributed by atoms with Crippen LogP contribution in [0.15, 0.2) is 18.2 Å². The van der Waals surface area contributed by atoms with E-state index in [2.05, 4.69) is 11.2 Å². The zero-order valence-corrected chi connectivity index (χ0v) is 11.2. The maximum atomic E-state index is 13.8. The van der Waals surface area contributed by atoms with Gasteiger partial charge in [0.05, 0.1) is 6.04 Å². The molecule has 98 valence electrons. The van der Waals surface area contributed by atoms with Gasteiger partial charge in [-0.15, -0.1) is 6.42 Å². The molecule has 0 amide bonds. The molecule has 0 bridgehead atoms. The zero-order chi connectivity index (χ0) is 13.5. The van der Waals surface area contributed by atoms with Gasteiger partial charge in [0.2, 0.25) is 0 Å². The number of terminal acetylenes is 1. The van der Waals surface area contributed by atoms with Crippen LogP contribution in [0.5, 0.6) is 0 Å². The van der Waals surface area contributed by atoms with Gasteiger partial charge in [-0.1, -0.05) is 36.9 Å². The average Bonchev–Trinajstić information content (AvgIpc) is 2.36. The molecule has 1 aromatic rings. The molecule has 0 spiro atoms. The summed E-state index contributed by atoms with van der Waals surface area (Å²) in [5.74, 6) is 2.28. The summed E-state index contributed by atoms with van der Waals surface area (Å²) >= 11 is 6.02. The molecule has 0 aliphatic heterocycles. The second-order valence-electron chi connectivity index (χ2n) is 4.10. The van der Waals surface area contributed by atoms with Crippen LogP contribution < -0.4 is 11.1 Å². The number of hydrogen-bond acceptors (Lipinski definition) is 2. The monoisotopic (exact) mass is 268 g/mol. The van der Waals surface area contributed by atoms with E-state index in [1.54, 1.807) is 12.1 Å². The minimum Gasteiger partial charge on any atom is -0.329 e. The smallest absolute Gasteiger partial charge is 0.129 e. The topological polar surface area (TPSA) is 38.0 Å². The highest BCUT2D eigenvalue weighted by molar-refractivity contribution is 6.31. The van der Waals surface area contributed by atoms with Gasteiger partial charge < -0.3 is 5.73 Å². The van der Waals surface area contributed by atoms with E-state index >= 15 is 0 Å². The van der Waals surface area contributed by atoms with E-state index < -0.39 is 0 Å². The summed E-state index contributed by atoms with van der Waals surface area (Å²) in [7, 11) is 0. The SMILES string of the molecule is C#CC(CCC)NC(CN)c1c(F)cccc1Cl. The summed E-state index contributed by atoms with van der Waals surface area (Å²) in [6, 6.07) is 4.09. The highest BCUT2D eigenvalue weighted by atomic mass is 35.5. The molecule has 4 heteroatoms. The number of rotatable bonds is 6. The van der Waals surface area contributed by atoms with Crippen molar-refractivity contribution in [3.8, 4) is 12.3 Å². The van der Waals surface area contributed by atoms with Gasteiger partial charge in [-0.2, -0.15) is 0 Å². The highest BCUT2D eigenvalue weighted by Crippen LogP contribution is 2.25. The first-order valence-electron chi connectivity index (χ1n) is 6.00. The third-order valence-electron chi connectivity index (χ3n) is 2.76. The van der Waals surface area contributed by atoms with Crippen LogP contribution in [0.3, 0.4) is 0 Å². The van der Waals surface area contributed by atoms with E-state index in [4.69, 9.17) is 23.8 Å². The van der Waals surface area contributed by atoms with Crippen LogP contribution in [0.2, 0.25) is 5.02 Å². The Morgan fingerprint density at radius 3 is 2.78 bits per heavy atom. The Bertz CT molecular complexity index is 408. The van der Waals surface area contributed by atoms with E-state index in [1.165, 1.54) is 6.07 Å². The van der Waals surface area contributed by atoms with Gasteiger partial charge in [-0.05, 0) is 18.6 Å². The summed E-state index contributed by atoms with van der Waals surface area (Å²) in [4.78, 5) is 0. The number of hydrogen-bond donors (Lipinski definition) is 2. The van der Waals surface area contributed by atoms with Crippen LogP contribution in [0.4, 0.5) is 4.39 Å².